The summed E-state index contributed by atoms with van der Waals surface area (Å²) in [6, 6.07) is 6.56. The fraction of sp³-hybridized carbons (Fsp3) is 0.667. The number of aromatic nitrogens is 1. The molecule has 0 saturated carbocycles. The van der Waals surface area contributed by atoms with Crippen molar-refractivity contribution in [2.45, 2.75) is 25.8 Å². The number of hydrogen-bond acceptors (Lipinski definition) is 5. The van der Waals surface area contributed by atoms with Crippen molar-refractivity contribution in [2.24, 2.45) is 0 Å². The summed E-state index contributed by atoms with van der Waals surface area (Å²) in [5.74, 6) is 1.26. The monoisotopic (exact) mass is 332 g/mol. The van der Waals surface area contributed by atoms with Gasteiger partial charge in [-0.05, 0) is 38.9 Å². The van der Waals surface area contributed by atoms with Crippen molar-refractivity contribution in [3.8, 4) is 0 Å². The van der Waals surface area contributed by atoms with Crippen molar-refractivity contribution in [1.82, 2.24) is 14.8 Å². The molecule has 0 radical (unpaired) electrons. The standard InChI is InChI=1S/C18H28N4O2/c1-15-5-3-7-17(19-15)22-8-4-6-16(13-22)20(2)14-18(23)21-9-11-24-12-10-21/h3,5,7,16H,4,6,8-14H2,1-2H3. The zero-order valence-electron chi connectivity index (χ0n) is 14.8. The first-order chi connectivity index (χ1) is 11.6. The van der Waals surface area contributed by atoms with Crippen LogP contribution in [0.3, 0.4) is 0 Å². The van der Waals surface area contributed by atoms with Crippen LogP contribution in [0.5, 0.6) is 0 Å². The fourth-order valence-corrected chi connectivity index (χ4v) is 3.48. The highest BCUT2D eigenvalue weighted by Crippen LogP contribution is 2.20. The normalized spacial score (nSPS) is 22.0. The Morgan fingerprint density at radius 2 is 2.12 bits per heavy atom. The minimum absolute atomic E-state index is 0.214. The highest BCUT2D eigenvalue weighted by molar-refractivity contribution is 5.78. The second kappa shape index (κ2) is 7.94. The van der Waals surface area contributed by atoms with Crippen molar-refractivity contribution >= 4 is 11.7 Å². The molecule has 0 bridgehead atoms. The van der Waals surface area contributed by atoms with Crippen LogP contribution in [0.4, 0.5) is 5.82 Å². The van der Waals surface area contributed by atoms with Crippen LogP contribution in [0.15, 0.2) is 18.2 Å². The number of carbonyl (C=O) groups excluding carboxylic acids is 1. The van der Waals surface area contributed by atoms with Crippen LogP contribution in [-0.4, -0.2) is 79.7 Å². The smallest absolute Gasteiger partial charge is 0.236 e. The molecular formula is C18H28N4O2. The highest BCUT2D eigenvalue weighted by atomic mass is 16.5. The minimum Gasteiger partial charge on any atom is -0.378 e. The van der Waals surface area contributed by atoms with E-state index < -0.39 is 0 Å². The Labute approximate surface area is 144 Å². The molecule has 6 heteroatoms. The minimum atomic E-state index is 0.214. The van der Waals surface area contributed by atoms with Crippen LogP contribution in [0.25, 0.3) is 0 Å². The molecular weight excluding hydrogens is 304 g/mol. The molecule has 1 aromatic rings. The predicted octanol–water partition coefficient (Wildman–Crippen LogP) is 1.15. The zero-order valence-corrected chi connectivity index (χ0v) is 14.8. The van der Waals surface area contributed by atoms with Crippen LogP contribution >= 0.6 is 0 Å². The molecule has 1 unspecified atom stereocenters. The summed E-state index contributed by atoms with van der Waals surface area (Å²) >= 11 is 0. The lowest BCUT2D eigenvalue weighted by molar-refractivity contribution is -0.136. The Balaban J connectivity index is 1.56. The summed E-state index contributed by atoms with van der Waals surface area (Å²) in [5, 5.41) is 0. The Morgan fingerprint density at radius 3 is 2.88 bits per heavy atom. The lowest BCUT2D eigenvalue weighted by Gasteiger charge is -2.39. The van der Waals surface area contributed by atoms with E-state index in [1.807, 2.05) is 17.9 Å². The predicted molar refractivity (Wildman–Crippen MR) is 94.2 cm³/mol. The van der Waals surface area contributed by atoms with E-state index in [0.717, 1.165) is 50.5 Å². The molecule has 6 nitrogen and oxygen atoms in total. The molecule has 1 amide bonds. The number of morpholine rings is 1. The molecule has 3 heterocycles. The van der Waals surface area contributed by atoms with Gasteiger partial charge in [0.1, 0.15) is 5.82 Å². The number of nitrogens with zero attached hydrogens (tertiary/aromatic N) is 4. The molecule has 0 aliphatic carbocycles. The van der Waals surface area contributed by atoms with E-state index in [4.69, 9.17) is 4.74 Å². The third-order valence-corrected chi connectivity index (χ3v) is 4.97. The van der Waals surface area contributed by atoms with Gasteiger partial charge in [-0.15, -0.1) is 0 Å². The van der Waals surface area contributed by atoms with E-state index >= 15 is 0 Å². The van der Waals surface area contributed by atoms with Crippen LogP contribution in [0.1, 0.15) is 18.5 Å². The topological polar surface area (TPSA) is 48.9 Å². The van der Waals surface area contributed by atoms with E-state index in [-0.39, 0.29) is 5.91 Å². The molecule has 2 aliphatic rings. The van der Waals surface area contributed by atoms with E-state index in [2.05, 4.69) is 34.0 Å². The van der Waals surface area contributed by atoms with E-state index in [9.17, 15) is 4.79 Å². The van der Waals surface area contributed by atoms with Gasteiger partial charge in [0.05, 0.1) is 19.8 Å². The summed E-state index contributed by atoms with van der Waals surface area (Å²) in [6.45, 7) is 7.24. The molecule has 0 N–H and O–H groups in total. The maximum Gasteiger partial charge on any atom is 0.236 e. The van der Waals surface area contributed by atoms with Crippen molar-refractivity contribution < 1.29 is 9.53 Å². The number of anilines is 1. The van der Waals surface area contributed by atoms with E-state index in [1.54, 1.807) is 0 Å². The van der Waals surface area contributed by atoms with Gasteiger partial charge in [-0.3, -0.25) is 9.69 Å². The van der Waals surface area contributed by atoms with E-state index in [1.165, 1.54) is 0 Å². The Hall–Kier alpha value is -1.66. The molecule has 3 rings (SSSR count). The zero-order chi connectivity index (χ0) is 16.9. The number of aryl methyl sites for hydroxylation is 1. The first-order valence-electron chi connectivity index (χ1n) is 8.88. The molecule has 2 fully saturated rings. The molecule has 0 aromatic carbocycles. The summed E-state index contributed by atoms with van der Waals surface area (Å²) in [7, 11) is 2.07. The van der Waals surface area contributed by atoms with Gasteiger partial charge in [-0.1, -0.05) is 6.07 Å². The Bertz CT molecular complexity index is 560. The lowest BCUT2D eigenvalue weighted by atomic mass is 10.0. The average molecular weight is 332 g/mol. The summed E-state index contributed by atoms with van der Waals surface area (Å²) in [5.41, 5.74) is 1.05. The van der Waals surface area contributed by atoms with Crippen molar-refractivity contribution in [3.05, 3.63) is 23.9 Å². The molecule has 132 valence electrons. The maximum absolute atomic E-state index is 12.5. The first kappa shape index (κ1) is 17.2. The Kier molecular flexibility index (Phi) is 5.68. The van der Waals surface area contributed by atoms with Crippen molar-refractivity contribution in [1.29, 1.82) is 0 Å². The lowest BCUT2D eigenvalue weighted by Crippen LogP contribution is -2.51. The number of amides is 1. The van der Waals surface area contributed by atoms with Gasteiger partial charge in [-0.25, -0.2) is 4.98 Å². The number of rotatable bonds is 4. The van der Waals surface area contributed by atoms with Gasteiger partial charge < -0.3 is 14.5 Å². The number of likely N-dealkylation sites (N-methyl/N-ethyl adjacent to an activating group) is 1. The highest BCUT2D eigenvalue weighted by Gasteiger charge is 2.27. The molecule has 2 saturated heterocycles. The SMILES string of the molecule is Cc1cccc(N2CCCC(N(C)CC(=O)N3CCOCC3)C2)n1. The third kappa shape index (κ3) is 4.24. The number of carbonyl (C=O) groups is 1. The molecule has 1 aromatic heterocycles. The van der Waals surface area contributed by atoms with Crippen molar-refractivity contribution in [3.63, 3.8) is 0 Å². The summed E-state index contributed by atoms with van der Waals surface area (Å²) in [4.78, 5) is 23.6. The quantitative estimate of drug-likeness (QED) is 0.828. The first-order valence-corrected chi connectivity index (χ1v) is 8.88. The van der Waals surface area contributed by atoms with Crippen LogP contribution in [0, 0.1) is 6.92 Å². The van der Waals surface area contributed by atoms with Gasteiger partial charge in [-0.2, -0.15) is 0 Å². The summed E-state index contributed by atoms with van der Waals surface area (Å²) in [6.07, 6.45) is 2.27. The average Bonchev–Trinajstić information content (AvgIpc) is 2.62. The Morgan fingerprint density at radius 1 is 1.33 bits per heavy atom. The van der Waals surface area contributed by atoms with Gasteiger partial charge in [0.25, 0.3) is 0 Å². The number of hydrogen-bond donors (Lipinski definition) is 0. The summed E-state index contributed by atoms with van der Waals surface area (Å²) < 4.78 is 5.32. The molecule has 24 heavy (non-hydrogen) atoms. The van der Waals surface area contributed by atoms with Crippen molar-refractivity contribution in [2.75, 3.05) is 57.9 Å². The van der Waals surface area contributed by atoms with Gasteiger partial charge in [0, 0.05) is 37.9 Å². The van der Waals surface area contributed by atoms with Gasteiger partial charge in [0.15, 0.2) is 0 Å². The van der Waals surface area contributed by atoms with E-state index in [0.29, 0.717) is 25.8 Å². The maximum atomic E-state index is 12.5. The molecule has 0 spiro atoms. The second-order valence-corrected chi connectivity index (χ2v) is 6.79. The number of piperidine rings is 1. The largest absolute Gasteiger partial charge is 0.378 e. The van der Waals surface area contributed by atoms with Crippen LogP contribution in [-0.2, 0) is 9.53 Å². The molecule has 1 atom stereocenters. The van der Waals surface area contributed by atoms with Gasteiger partial charge >= 0.3 is 0 Å². The van der Waals surface area contributed by atoms with Gasteiger partial charge in [0.2, 0.25) is 5.91 Å². The second-order valence-electron chi connectivity index (χ2n) is 6.79. The third-order valence-electron chi connectivity index (χ3n) is 4.97. The van der Waals surface area contributed by atoms with Crippen LogP contribution in [0.2, 0.25) is 0 Å². The fourth-order valence-electron chi connectivity index (χ4n) is 3.48. The number of pyridine rings is 1. The molecule has 2 aliphatic heterocycles. The van der Waals surface area contributed by atoms with Crippen LogP contribution < -0.4 is 4.90 Å². The number of ether oxygens (including phenoxy) is 1.